The molecule has 0 bridgehead atoms. The van der Waals surface area contributed by atoms with Crippen molar-refractivity contribution in [2.75, 3.05) is 37.7 Å². The van der Waals surface area contributed by atoms with Crippen molar-refractivity contribution in [3.8, 4) is 0 Å². The normalized spacial score (nSPS) is 20.1. The lowest BCUT2D eigenvalue weighted by atomic mass is 10.1. The van der Waals surface area contributed by atoms with Gasteiger partial charge in [0, 0.05) is 19.6 Å². The molecule has 0 radical (unpaired) electrons. The van der Waals surface area contributed by atoms with Gasteiger partial charge in [0.25, 0.3) is 11.1 Å². The molecule has 7 heteroatoms. The third-order valence-corrected chi connectivity index (χ3v) is 4.71. The maximum atomic E-state index is 14.4. The molecule has 1 aromatic rings. The molecule has 24 heavy (non-hydrogen) atoms. The lowest BCUT2D eigenvalue weighted by molar-refractivity contribution is -0.122. The number of morpholine rings is 1. The highest BCUT2D eigenvalue weighted by atomic mass is 32.2. The summed E-state index contributed by atoms with van der Waals surface area (Å²) in [4.78, 5) is 27.3. The quantitative estimate of drug-likeness (QED) is 0.619. The molecule has 2 amide bonds. The Hall–Kier alpha value is -2.12. The first-order valence-electron chi connectivity index (χ1n) is 7.58. The summed E-state index contributed by atoms with van der Waals surface area (Å²) in [5.41, 5.74) is 1.07. The predicted octanol–water partition coefficient (Wildman–Crippen LogP) is 2.88. The number of hydrogen-bond donors (Lipinski definition) is 0. The lowest BCUT2D eigenvalue weighted by Gasteiger charge is -2.29. The van der Waals surface area contributed by atoms with Gasteiger partial charge in [0.15, 0.2) is 0 Å². The molecule has 2 fully saturated rings. The molecule has 0 atom stereocenters. The van der Waals surface area contributed by atoms with Crippen LogP contribution in [-0.4, -0.2) is 48.9 Å². The van der Waals surface area contributed by atoms with E-state index in [9.17, 15) is 14.0 Å². The molecule has 5 nitrogen and oxygen atoms in total. The van der Waals surface area contributed by atoms with Crippen LogP contribution >= 0.6 is 11.8 Å². The van der Waals surface area contributed by atoms with E-state index in [0.29, 0.717) is 42.5 Å². The first kappa shape index (κ1) is 16.7. The number of ether oxygens (including phenoxy) is 1. The lowest BCUT2D eigenvalue weighted by Crippen LogP contribution is -2.36. The van der Waals surface area contributed by atoms with Crippen LogP contribution in [0.5, 0.6) is 0 Å². The Balaban J connectivity index is 1.80. The minimum atomic E-state index is -0.373. The summed E-state index contributed by atoms with van der Waals surface area (Å²) < 4.78 is 19.7. The van der Waals surface area contributed by atoms with E-state index in [1.165, 1.54) is 12.1 Å². The minimum absolute atomic E-state index is 0.173. The molecule has 2 aliphatic rings. The number of rotatable bonds is 4. The van der Waals surface area contributed by atoms with E-state index in [1.54, 1.807) is 18.2 Å². The average molecular weight is 348 g/mol. The van der Waals surface area contributed by atoms with Crippen LogP contribution in [0.25, 0.3) is 6.08 Å². The highest BCUT2D eigenvalue weighted by Crippen LogP contribution is 2.32. The summed E-state index contributed by atoms with van der Waals surface area (Å²) in [5, 5.41) is -0.337. The number of thioether (sulfide) groups is 1. The molecule has 0 aromatic heterocycles. The first-order chi connectivity index (χ1) is 11.6. The molecule has 2 heterocycles. The maximum Gasteiger partial charge on any atom is 0.293 e. The van der Waals surface area contributed by atoms with Crippen molar-refractivity contribution in [3.63, 3.8) is 0 Å². The SMILES string of the molecule is C=CCN1C(=O)S/C(=C\c2ccc(N3CCOCC3)c(F)c2)C1=O. The molecule has 1 aromatic carbocycles. The number of anilines is 1. The second kappa shape index (κ2) is 7.19. The van der Waals surface area contributed by atoms with Crippen molar-refractivity contribution < 1.29 is 18.7 Å². The number of benzene rings is 1. The number of imide groups is 1. The fourth-order valence-corrected chi connectivity index (χ4v) is 3.46. The van der Waals surface area contributed by atoms with Crippen LogP contribution in [-0.2, 0) is 9.53 Å². The van der Waals surface area contributed by atoms with Crippen molar-refractivity contribution in [2.24, 2.45) is 0 Å². The number of hydrogen-bond acceptors (Lipinski definition) is 5. The summed E-state index contributed by atoms with van der Waals surface area (Å²) in [6, 6.07) is 4.82. The summed E-state index contributed by atoms with van der Waals surface area (Å²) in [6.45, 7) is 6.16. The van der Waals surface area contributed by atoms with Crippen molar-refractivity contribution in [1.82, 2.24) is 4.90 Å². The molecule has 0 aliphatic carbocycles. The molecule has 3 rings (SSSR count). The zero-order valence-corrected chi connectivity index (χ0v) is 13.9. The average Bonchev–Trinajstić information content (AvgIpc) is 2.84. The summed E-state index contributed by atoms with van der Waals surface area (Å²) in [6.07, 6.45) is 3.04. The molecular weight excluding hydrogens is 331 g/mol. The Bertz CT molecular complexity index is 714. The molecule has 0 N–H and O–H groups in total. The number of carbonyl (C=O) groups is 2. The third kappa shape index (κ3) is 3.37. The van der Waals surface area contributed by atoms with Gasteiger partial charge in [0.05, 0.1) is 23.8 Å². The second-order valence-corrected chi connectivity index (χ2v) is 6.38. The summed E-state index contributed by atoms with van der Waals surface area (Å²) in [5.74, 6) is -0.724. The standard InChI is InChI=1S/C17H17FN2O3S/c1-2-5-20-16(21)15(24-17(20)22)11-12-3-4-14(13(18)10-12)19-6-8-23-9-7-19/h2-4,10-11H,1,5-9H2/b15-11-. The number of nitrogens with zero attached hydrogens (tertiary/aromatic N) is 2. The van der Waals surface area contributed by atoms with E-state index < -0.39 is 0 Å². The van der Waals surface area contributed by atoms with Crippen LogP contribution in [0.1, 0.15) is 5.56 Å². The number of carbonyl (C=O) groups excluding carboxylic acids is 2. The van der Waals surface area contributed by atoms with Gasteiger partial charge in [0.2, 0.25) is 0 Å². The van der Waals surface area contributed by atoms with Gasteiger partial charge < -0.3 is 9.64 Å². The van der Waals surface area contributed by atoms with E-state index in [2.05, 4.69) is 6.58 Å². The highest BCUT2D eigenvalue weighted by molar-refractivity contribution is 8.18. The van der Waals surface area contributed by atoms with Crippen LogP contribution in [0.2, 0.25) is 0 Å². The Kier molecular flexibility index (Phi) is 5.01. The van der Waals surface area contributed by atoms with Gasteiger partial charge >= 0.3 is 0 Å². The van der Waals surface area contributed by atoms with Crippen LogP contribution in [0.3, 0.4) is 0 Å². The van der Waals surface area contributed by atoms with Gasteiger partial charge in [-0.25, -0.2) is 4.39 Å². The molecule has 0 spiro atoms. The summed E-state index contributed by atoms with van der Waals surface area (Å²) >= 11 is 0.856. The van der Waals surface area contributed by atoms with Crippen LogP contribution in [0.15, 0.2) is 35.8 Å². The largest absolute Gasteiger partial charge is 0.378 e. The molecule has 126 valence electrons. The predicted molar refractivity (Wildman–Crippen MR) is 92.3 cm³/mol. The van der Waals surface area contributed by atoms with Gasteiger partial charge in [0.1, 0.15) is 5.82 Å². The van der Waals surface area contributed by atoms with Crippen LogP contribution in [0.4, 0.5) is 14.9 Å². The zero-order valence-electron chi connectivity index (χ0n) is 13.0. The molecule has 2 saturated heterocycles. The van der Waals surface area contributed by atoms with E-state index in [4.69, 9.17) is 4.74 Å². The highest BCUT2D eigenvalue weighted by Gasteiger charge is 2.34. The maximum absolute atomic E-state index is 14.4. The van der Waals surface area contributed by atoms with E-state index in [1.807, 2.05) is 4.90 Å². The smallest absolute Gasteiger partial charge is 0.293 e. The Labute approximate surface area is 143 Å². The Morgan fingerprint density at radius 3 is 2.71 bits per heavy atom. The molecule has 2 aliphatic heterocycles. The van der Waals surface area contributed by atoms with E-state index in [0.717, 1.165) is 16.7 Å². The van der Waals surface area contributed by atoms with Crippen molar-refractivity contribution in [2.45, 2.75) is 0 Å². The third-order valence-electron chi connectivity index (χ3n) is 3.81. The minimum Gasteiger partial charge on any atom is -0.378 e. The van der Waals surface area contributed by atoms with Crippen LogP contribution in [0, 0.1) is 5.82 Å². The fourth-order valence-electron chi connectivity index (χ4n) is 2.61. The van der Waals surface area contributed by atoms with E-state index in [-0.39, 0.29) is 23.5 Å². The first-order valence-corrected chi connectivity index (χ1v) is 8.40. The van der Waals surface area contributed by atoms with Gasteiger partial charge in [-0.05, 0) is 35.5 Å². The monoisotopic (exact) mass is 348 g/mol. The van der Waals surface area contributed by atoms with E-state index >= 15 is 0 Å². The van der Waals surface area contributed by atoms with Gasteiger partial charge in [-0.1, -0.05) is 12.1 Å². The van der Waals surface area contributed by atoms with Crippen LogP contribution < -0.4 is 4.90 Å². The molecule has 0 unspecified atom stereocenters. The topological polar surface area (TPSA) is 49.9 Å². The number of halogens is 1. The second-order valence-electron chi connectivity index (χ2n) is 5.39. The van der Waals surface area contributed by atoms with Gasteiger partial charge in [-0.3, -0.25) is 14.5 Å². The van der Waals surface area contributed by atoms with Crippen molar-refractivity contribution >= 4 is 34.7 Å². The van der Waals surface area contributed by atoms with Gasteiger partial charge in [-0.15, -0.1) is 6.58 Å². The Morgan fingerprint density at radius 1 is 1.29 bits per heavy atom. The van der Waals surface area contributed by atoms with Crippen molar-refractivity contribution in [3.05, 3.63) is 47.1 Å². The fraction of sp³-hybridized carbons (Fsp3) is 0.294. The van der Waals surface area contributed by atoms with Gasteiger partial charge in [-0.2, -0.15) is 0 Å². The molecular formula is C17H17FN2O3S. The summed E-state index contributed by atoms with van der Waals surface area (Å²) in [7, 11) is 0. The Morgan fingerprint density at radius 2 is 2.04 bits per heavy atom. The number of amides is 2. The van der Waals surface area contributed by atoms with Crippen molar-refractivity contribution in [1.29, 1.82) is 0 Å². The zero-order chi connectivity index (χ0) is 17.1. The molecule has 0 saturated carbocycles.